The van der Waals surface area contributed by atoms with Gasteiger partial charge in [-0.1, -0.05) is 24.3 Å². The van der Waals surface area contributed by atoms with E-state index in [4.69, 9.17) is 0 Å². The van der Waals surface area contributed by atoms with Crippen LogP contribution in [0.2, 0.25) is 0 Å². The zero-order chi connectivity index (χ0) is 20.4. The van der Waals surface area contributed by atoms with Crippen molar-refractivity contribution in [2.45, 2.75) is 17.7 Å². The minimum atomic E-state index is -3.80. The maximum atomic E-state index is 12.7. The molecule has 1 aliphatic heterocycles. The number of rotatable bonds is 4. The fraction of sp³-hybridized carbons (Fsp3) is 0.158. The van der Waals surface area contributed by atoms with Gasteiger partial charge in [0.15, 0.2) is 5.69 Å². The Morgan fingerprint density at radius 2 is 1.86 bits per heavy atom. The SMILES string of the molecule is O=C(Nc1cccc(S(=O)(=O)NC2=NCCC2)c1)c1n[nH]c(=O)c2ccccc12. The number of H-pyrrole nitrogens is 1. The molecule has 9 nitrogen and oxygen atoms in total. The molecule has 0 fully saturated rings. The molecule has 3 aromatic rings. The number of anilines is 1. The molecule has 0 spiro atoms. The number of fused-ring (bicyclic) bond motifs is 1. The third-order valence-corrected chi connectivity index (χ3v) is 5.82. The van der Waals surface area contributed by atoms with Gasteiger partial charge in [0.05, 0.1) is 10.3 Å². The van der Waals surface area contributed by atoms with Crippen molar-refractivity contribution in [3.8, 4) is 0 Å². The van der Waals surface area contributed by atoms with Gasteiger partial charge in [-0.25, -0.2) is 13.5 Å². The lowest BCUT2D eigenvalue weighted by atomic mass is 10.1. The van der Waals surface area contributed by atoms with Gasteiger partial charge in [-0.3, -0.25) is 19.3 Å². The van der Waals surface area contributed by atoms with Crippen LogP contribution in [0.1, 0.15) is 23.3 Å². The maximum absolute atomic E-state index is 12.7. The number of hydrogen-bond acceptors (Lipinski definition) is 6. The molecule has 0 atom stereocenters. The van der Waals surface area contributed by atoms with Crippen molar-refractivity contribution in [1.82, 2.24) is 14.9 Å². The fourth-order valence-electron chi connectivity index (χ4n) is 3.06. The lowest BCUT2D eigenvalue weighted by Crippen LogP contribution is -2.29. The molecule has 1 aliphatic rings. The Balaban J connectivity index is 1.61. The first-order chi connectivity index (χ1) is 13.9. The molecule has 148 valence electrons. The van der Waals surface area contributed by atoms with E-state index in [0.29, 0.717) is 29.6 Å². The molecule has 2 aromatic carbocycles. The molecule has 10 heteroatoms. The molecule has 0 radical (unpaired) electrons. The van der Waals surface area contributed by atoms with Crippen LogP contribution in [0.5, 0.6) is 0 Å². The topological polar surface area (TPSA) is 133 Å². The number of aromatic amines is 1. The molecule has 0 unspecified atom stereocenters. The van der Waals surface area contributed by atoms with E-state index in [9.17, 15) is 18.0 Å². The molecule has 0 saturated carbocycles. The molecule has 0 saturated heterocycles. The summed E-state index contributed by atoms with van der Waals surface area (Å²) in [6, 6.07) is 12.5. The smallest absolute Gasteiger partial charge is 0.276 e. The zero-order valence-electron chi connectivity index (χ0n) is 15.2. The van der Waals surface area contributed by atoms with E-state index in [-0.39, 0.29) is 16.3 Å². The Morgan fingerprint density at radius 1 is 1.07 bits per heavy atom. The summed E-state index contributed by atoms with van der Waals surface area (Å²) in [6.07, 6.45) is 1.40. The number of sulfonamides is 1. The van der Waals surface area contributed by atoms with Crippen LogP contribution in [0, 0.1) is 0 Å². The van der Waals surface area contributed by atoms with Crippen molar-refractivity contribution in [3.05, 3.63) is 64.6 Å². The third-order valence-electron chi connectivity index (χ3n) is 4.44. The number of nitrogens with one attached hydrogen (secondary N) is 3. The molecule has 3 N–H and O–H groups in total. The number of aliphatic imine (C=N–C) groups is 1. The monoisotopic (exact) mass is 411 g/mol. The standard InChI is InChI=1S/C19H17N5O4S/c25-18-15-8-2-1-7-14(15)17(22-23-18)19(26)21-12-5-3-6-13(11-12)29(27,28)24-16-9-4-10-20-16/h1-3,5-8,11H,4,9-10H2,(H,20,24)(H,21,26)(H,23,25). The van der Waals surface area contributed by atoms with Gasteiger partial charge in [0, 0.05) is 24.0 Å². The number of amidine groups is 1. The minimum absolute atomic E-state index is 0.00388. The number of amides is 1. The summed E-state index contributed by atoms with van der Waals surface area (Å²) in [4.78, 5) is 28.7. The highest BCUT2D eigenvalue weighted by molar-refractivity contribution is 7.90. The van der Waals surface area contributed by atoms with Crippen LogP contribution < -0.4 is 15.6 Å². The lowest BCUT2D eigenvalue weighted by Gasteiger charge is -2.10. The van der Waals surface area contributed by atoms with Crippen molar-refractivity contribution >= 4 is 38.2 Å². The van der Waals surface area contributed by atoms with E-state index in [0.717, 1.165) is 6.42 Å². The van der Waals surface area contributed by atoms with Gasteiger partial charge >= 0.3 is 0 Å². The van der Waals surface area contributed by atoms with Crippen molar-refractivity contribution < 1.29 is 13.2 Å². The van der Waals surface area contributed by atoms with Gasteiger partial charge in [-0.05, 0) is 30.7 Å². The second kappa shape index (κ2) is 7.47. The predicted molar refractivity (Wildman–Crippen MR) is 109 cm³/mol. The van der Waals surface area contributed by atoms with E-state index in [1.165, 1.54) is 18.2 Å². The summed E-state index contributed by atoms with van der Waals surface area (Å²) in [6.45, 7) is 0.605. The molecule has 4 rings (SSSR count). The first-order valence-corrected chi connectivity index (χ1v) is 10.4. The van der Waals surface area contributed by atoms with Crippen LogP contribution in [-0.4, -0.2) is 36.9 Å². The number of nitrogens with zero attached hydrogens (tertiary/aromatic N) is 2. The summed E-state index contributed by atoms with van der Waals surface area (Å²) < 4.78 is 27.6. The molecule has 2 heterocycles. The maximum Gasteiger partial charge on any atom is 0.276 e. The summed E-state index contributed by atoms with van der Waals surface area (Å²) in [5.41, 5.74) is -0.0821. The number of benzene rings is 2. The Kier molecular flexibility index (Phi) is 4.85. The van der Waals surface area contributed by atoms with E-state index >= 15 is 0 Å². The second-order valence-electron chi connectivity index (χ2n) is 6.47. The van der Waals surface area contributed by atoms with Crippen molar-refractivity contribution in [2.75, 3.05) is 11.9 Å². The Morgan fingerprint density at radius 3 is 2.62 bits per heavy atom. The van der Waals surface area contributed by atoms with Gasteiger partial charge in [-0.2, -0.15) is 5.10 Å². The normalized spacial score (nSPS) is 13.9. The molecule has 0 bridgehead atoms. The van der Waals surface area contributed by atoms with Crippen LogP contribution in [-0.2, 0) is 10.0 Å². The van der Waals surface area contributed by atoms with E-state index in [2.05, 4.69) is 25.2 Å². The fourth-order valence-corrected chi connectivity index (χ4v) is 4.19. The molecule has 0 aliphatic carbocycles. The van der Waals surface area contributed by atoms with Gasteiger partial charge in [0.2, 0.25) is 0 Å². The summed E-state index contributed by atoms with van der Waals surface area (Å²) in [5, 5.41) is 9.52. The van der Waals surface area contributed by atoms with Gasteiger partial charge in [0.25, 0.3) is 21.5 Å². The quantitative estimate of drug-likeness (QED) is 0.600. The molecule has 1 amide bonds. The highest BCUT2D eigenvalue weighted by Crippen LogP contribution is 2.19. The van der Waals surface area contributed by atoms with Crippen LogP contribution in [0.4, 0.5) is 5.69 Å². The number of aromatic nitrogens is 2. The van der Waals surface area contributed by atoms with Crippen molar-refractivity contribution in [2.24, 2.45) is 4.99 Å². The van der Waals surface area contributed by atoms with Gasteiger partial charge in [0.1, 0.15) is 5.84 Å². The Bertz CT molecular complexity index is 1300. The first-order valence-electron chi connectivity index (χ1n) is 8.89. The van der Waals surface area contributed by atoms with E-state index < -0.39 is 21.5 Å². The predicted octanol–water partition coefficient (Wildman–Crippen LogP) is 1.65. The highest BCUT2D eigenvalue weighted by atomic mass is 32.2. The van der Waals surface area contributed by atoms with Gasteiger partial charge in [-0.15, -0.1) is 0 Å². The second-order valence-corrected chi connectivity index (χ2v) is 8.15. The molecule has 29 heavy (non-hydrogen) atoms. The Labute approximate surface area is 165 Å². The van der Waals surface area contributed by atoms with Crippen molar-refractivity contribution in [1.29, 1.82) is 0 Å². The molecule has 1 aromatic heterocycles. The Hall–Kier alpha value is -3.53. The van der Waals surface area contributed by atoms with Crippen LogP contribution in [0.3, 0.4) is 0 Å². The molecular formula is C19H17N5O4S. The average Bonchev–Trinajstić information content (AvgIpc) is 3.21. The largest absolute Gasteiger partial charge is 0.321 e. The lowest BCUT2D eigenvalue weighted by molar-refractivity contribution is 0.102. The van der Waals surface area contributed by atoms with E-state index in [1.54, 1.807) is 30.3 Å². The summed E-state index contributed by atoms with van der Waals surface area (Å²) in [7, 11) is -3.80. The molecular weight excluding hydrogens is 394 g/mol. The zero-order valence-corrected chi connectivity index (χ0v) is 16.0. The first kappa shape index (κ1) is 18.8. The summed E-state index contributed by atoms with van der Waals surface area (Å²) >= 11 is 0. The summed E-state index contributed by atoms with van der Waals surface area (Å²) in [5.74, 6) is -0.136. The third kappa shape index (κ3) is 3.87. The number of carbonyl (C=O) groups excluding carboxylic acids is 1. The van der Waals surface area contributed by atoms with Crippen LogP contribution in [0.15, 0.2) is 63.2 Å². The average molecular weight is 411 g/mol. The van der Waals surface area contributed by atoms with Crippen molar-refractivity contribution in [3.63, 3.8) is 0 Å². The van der Waals surface area contributed by atoms with Crippen LogP contribution >= 0.6 is 0 Å². The minimum Gasteiger partial charge on any atom is -0.321 e. The number of carbonyl (C=O) groups is 1. The van der Waals surface area contributed by atoms with E-state index in [1.807, 2.05) is 0 Å². The highest BCUT2D eigenvalue weighted by Gasteiger charge is 2.19. The van der Waals surface area contributed by atoms with Crippen LogP contribution in [0.25, 0.3) is 10.8 Å². The number of hydrogen-bond donors (Lipinski definition) is 3. The van der Waals surface area contributed by atoms with Gasteiger partial charge < -0.3 is 5.32 Å².